The van der Waals surface area contributed by atoms with Crippen molar-refractivity contribution >= 4 is 33.1 Å². The van der Waals surface area contributed by atoms with E-state index in [-0.39, 0.29) is 11.3 Å². The van der Waals surface area contributed by atoms with E-state index in [1.54, 1.807) is 42.8 Å². The molecule has 3 aromatic rings. The summed E-state index contributed by atoms with van der Waals surface area (Å²) in [7, 11) is -3.27. The number of Topliss-reactive ketones (excluding diaryl/α,β-unsaturated/α-hetero) is 1. The summed E-state index contributed by atoms with van der Waals surface area (Å²) in [6, 6.07) is 15.8. The van der Waals surface area contributed by atoms with Crippen LogP contribution in [0.2, 0.25) is 0 Å². The highest BCUT2D eigenvalue weighted by Gasteiger charge is 2.29. The maximum atomic E-state index is 12.8. The number of carbonyl (C=O) groups is 2. The number of carbonyl (C=O) groups excluding carboxylic acids is 2. The first-order valence-electron chi connectivity index (χ1n) is 9.86. The van der Waals surface area contributed by atoms with Crippen LogP contribution in [-0.2, 0) is 14.8 Å². The van der Waals surface area contributed by atoms with Gasteiger partial charge in [0.15, 0.2) is 0 Å². The van der Waals surface area contributed by atoms with Crippen molar-refractivity contribution in [1.29, 1.82) is 0 Å². The van der Waals surface area contributed by atoms with Gasteiger partial charge in [-0.25, -0.2) is 13.1 Å². The summed E-state index contributed by atoms with van der Waals surface area (Å²) in [5.41, 5.74) is 3.06. The quantitative estimate of drug-likeness (QED) is 0.488. The Morgan fingerprint density at radius 1 is 0.968 bits per heavy atom. The first kappa shape index (κ1) is 20.8. The van der Waals surface area contributed by atoms with Crippen molar-refractivity contribution in [1.82, 2.24) is 9.78 Å². The zero-order chi connectivity index (χ0) is 22.2. The van der Waals surface area contributed by atoms with Crippen molar-refractivity contribution < 1.29 is 18.0 Å². The molecular weight excluding hydrogens is 416 g/mol. The Morgan fingerprint density at radius 3 is 2.26 bits per heavy atom. The van der Waals surface area contributed by atoms with Crippen LogP contribution < -0.4 is 9.62 Å². The number of hydrogen-bond acceptors (Lipinski definition) is 5. The van der Waals surface area contributed by atoms with Crippen LogP contribution in [0.1, 0.15) is 28.2 Å². The molecule has 0 radical (unpaired) electrons. The van der Waals surface area contributed by atoms with Crippen LogP contribution in [-0.4, -0.2) is 42.2 Å². The van der Waals surface area contributed by atoms with E-state index >= 15 is 0 Å². The number of para-hydroxylation sites is 1. The molecule has 0 aliphatic carbocycles. The van der Waals surface area contributed by atoms with Crippen molar-refractivity contribution in [2.75, 3.05) is 21.9 Å². The number of ketones is 1. The fourth-order valence-electron chi connectivity index (χ4n) is 3.73. The second-order valence-electron chi connectivity index (χ2n) is 7.36. The number of aryl methyl sites for hydroxylation is 1. The van der Waals surface area contributed by atoms with Crippen molar-refractivity contribution in [2.24, 2.45) is 0 Å². The SMILES string of the molecule is Cc1nn(-c2ccccc2)c(C)c1C(=O)C(=O)Nc1ccc(N2CCCS2(=O)=O)cc1. The van der Waals surface area contributed by atoms with Gasteiger partial charge in [0.05, 0.1) is 34.1 Å². The second kappa shape index (κ2) is 7.99. The molecule has 0 unspecified atom stereocenters. The van der Waals surface area contributed by atoms with Gasteiger partial charge in [0.2, 0.25) is 10.0 Å². The predicted octanol–water partition coefficient (Wildman–Crippen LogP) is 2.85. The smallest absolute Gasteiger partial charge is 0.296 e. The monoisotopic (exact) mass is 438 g/mol. The number of benzene rings is 2. The first-order chi connectivity index (χ1) is 14.8. The van der Waals surface area contributed by atoms with Crippen LogP contribution >= 0.6 is 0 Å². The Balaban J connectivity index is 1.52. The molecule has 31 heavy (non-hydrogen) atoms. The molecule has 4 rings (SSSR count). The van der Waals surface area contributed by atoms with Crippen LogP contribution in [0.25, 0.3) is 5.69 Å². The Bertz CT molecular complexity index is 1250. The van der Waals surface area contributed by atoms with Crippen LogP contribution in [0.4, 0.5) is 11.4 Å². The van der Waals surface area contributed by atoms with Crippen LogP contribution in [0, 0.1) is 13.8 Å². The Labute approximate surface area is 180 Å². The van der Waals surface area contributed by atoms with E-state index in [0.717, 1.165) is 5.69 Å². The Kier molecular flexibility index (Phi) is 5.36. The molecule has 1 fully saturated rings. The van der Waals surface area contributed by atoms with Crippen LogP contribution in [0.15, 0.2) is 54.6 Å². The topological polar surface area (TPSA) is 101 Å². The molecule has 1 aliphatic heterocycles. The normalized spacial score (nSPS) is 15.1. The van der Waals surface area contributed by atoms with Gasteiger partial charge < -0.3 is 5.32 Å². The number of nitrogens with zero attached hydrogens (tertiary/aromatic N) is 3. The highest BCUT2D eigenvalue weighted by Crippen LogP contribution is 2.25. The lowest BCUT2D eigenvalue weighted by Crippen LogP contribution is -2.25. The highest BCUT2D eigenvalue weighted by atomic mass is 32.2. The summed E-state index contributed by atoms with van der Waals surface area (Å²) >= 11 is 0. The molecule has 0 bridgehead atoms. The molecule has 1 amide bonds. The van der Waals surface area contributed by atoms with Crippen molar-refractivity contribution in [2.45, 2.75) is 20.3 Å². The van der Waals surface area contributed by atoms with Crippen molar-refractivity contribution in [3.63, 3.8) is 0 Å². The lowest BCUT2D eigenvalue weighted by Gasteiger charge is -2.17. The summed E-state index contributed by atoms with van der Waals surface area (Å²) in [6.07, 6.45) is 0.588. The lowest BCUT2D eigenvalue weighted by atomic mass is 10.1. The van der Waals surface area contributed by atoms with E-state index in [1.165, 1.54) is 4.31 Å². The van der Waals surface area contributed by atoms with E-state index in [9.17, 15) is 18.0 Å². The number of amides is 1. The molecule has 1 aromatic heterocycles. The van der Waals surface area contributed by atoms with Crippen molar-refractivity contribution in [3.8, 4) is 5.69 Å². The van der Waals surface area contributed by atoms with Gasteiger partial charge in [-0.3, -0.25) is 13.9 Å². The number of sulfonamides is 1. The average Bonchev–Trinajstić information content (AvgIpc) is 3.26. The summed E-state index contributed by atoms with van der Waals surface area (Å²) in [5, 5.41) is 7.00. The maximum absolute atomic E-state index is 12.8. The molecule has 9 heteroatoms. The van der Waals surface area contributed by atoms with Crippen LogP contribution in [0.3, 0.4) is 0 Å². The Morgan fingerprint density at radius 2 is 1.65 bits per heavy atom. The van der Waals surface area contributed by atoms with Gasteiger partial charge in [-0.05, 0) is 56.7 Å². The molecule has 8 nitrogen and oxygen atoms in total. The average molecular weight is 439 g/mol. The standard InChI is InChI=1S/C22H22N4O4S/c1-15-20(16(2)26(24-15)19-7-4-3-5-8-19)21(27)22(28)23-17-9-11-18(12-10-17)25-13-6-14-31(25,29)30/h3-5,7-12H,6,13-14H2,1-2H3,(H,23,28). The lowest BCUT2D eigenvalue weighted by molar-refractivity contribution is -0.112. The molecule has 160 valence electrons. The van der Waals surface area contributed by atoms with Gasteiger partial charge >= 0.3 is 0 Å². The number of rotatable bonds is 5. The molecule has 0 saturated carbocycles. The number of nitrogens with one attached hydrogen (secondary N) is 1. The minimum atomic E-state index is -3.27. The first-order valence-corrected chi connectivity index (χ1v) is 11.5. The van der Waals surface area contributed by atoms with Crippen molar-refractivity contribution in [3.05, 3.63) is 71.5 Å². The summed E-state index contributed by atoms with van der Waals surface area (Å²) < 4.78 is 27.1. The summed E-state index contributed by atoms with van der Waals surface area (Å²) in [6.45, 7) is 3.88. The minimum absolute atomic E-state index is 0.134. The third kappa shape index (κ3) is 3.96. The number of aromatic nitrogens is 2. The number of anilines is 2. The summed E-state index contributed by atoms with van der Waals surface area (Å²) in [5.74, 6) is -1.32. The highest BCUT2D eigenvalue weighted by molar-refractivity contribution is 7.93. The third-order valence-corrected chi connectivity index (χ3v) is 7.11. The molecule has 0 spiro atoms. The maximum Gasteiger partial charge on any atom is 0.296 e. The van der Waals surface area contributed by atoms with E-state index in [4.69, 9.17) is 0 Å². The second-order valence-corrected chi connectivity index (χ2v) is 9.38. The zero-order valence-corrected chi connectivity index (χ0v) is 18.0. The van der Waals surface area contributed by atoms with Crippen LogP contribution in [0.5, 0.6) is 0 Å². The molecule has 0 atom stereocenters. The van der Waals surface area contributed by atoms with Gasteiger partial charge in [0, 0.05) is 12.2 Å². The van der Waals surface area contributed by atoms with E-state index < -0.39 is 21.7 Å². The molecule has 1 aliphatic rings. The van der Waals surface area contributed by atoms with E-state index in [1.807, 2.05) is 30.3 Å². The van der Waals surface area contributed by atoms with E-state index in [0.29, 0.717) is 35.7 Å². The van der Waals surface area contributed by atoms with Gasteiger partial charge in [-0.2, -0.15) is 5.10 Å². The minimum Gasteiger partial charge on any atom is -0.319 e. The third-order valence-electron chi connectivity index (χ3n) is 5.24. The molecule has 1 saturated heterocycles. The number of hydrogen-bond donors (Lipinski definition) is 1. The molecule has 2 aromatic carbocycles. The predicted molar refractivity (Wildman–Crippen MR) is 118 cm³/mol. The zero-order valence-electron chi connectivity index (χ0n) is 17.2. The molecule has 1 N–H and O–H groups in total. The summed E-state index contributed by atoms with van der Waals surface area (Å²) in [4.78, 5) is 25.4. The van der Waals surface area contributed by atoms with E-state index in [2.05, 4.69) is 10.4 Å². The molecule has 2 heterocycles. The fraction of sp³-hybridized carbons (Fsp3) is 0.227. The van der Waals surface area contributed by atoms with Gasteiger partial charge in [-0.15, -0.1) is 0 Å². The van der Waals surface area contributed by atoms with Gasteiger partial charge in [-0.1, -0.05) is 18.2 Å². The van der Waals surface area contributed by atoms with Gasteiger partial charge in [0.1, 0.15) is 0 Å². The molecular formula is C22H22N4O4S. The van der Waals surface area contributed by atoms with Gasteiger partial charge in [0.25, 0.3) is 11.7 Å². The fourth-order valence-corrected chi connectivity index (χ4v) is 5.30. The Hall–Kier alpha value is -3.46. The largest absolute Gasteiger partial charge is 0.319 e.